The van der Waals surface area contributed by atoms with E-state index in [1.807, 2.05) is 37.3 Å². The van der Waals surface area contributed by atoms with Gasteiger partial charge in [-0.15, -0.1) is 0 Å². The Kier molecular flexibility index (Phi) is 3.39. The average molecular weight is 298 g/mol. The zero-order valence-corrected chi connectivity index (χ0v) is 13.3. The van der Waals surface area contributed by atoms with Crippen LogP contribution in [0.2, 0.25) is 0 Å². The third kappa shape index (κ3) is 2.62. The number of benzene rings is 1. The molecular formula is C19H26N2O. The van der Waals surface area contributed by atoms with E-state index in [1.54, 1.807) is 0 Å². The topological polar surface area (TPSA) is 41.1 Å². The number of carbonyl (C=O) groups is 1. The van der Waals surface area contributed by atoms with Crippen molar-refractivity contribution in [3.8, 4) is 0 Å². The van der Waals surface area contributed by atoms with E-state index >= 15 is 0 Å². The van der Waals surface area contributed by atoms with Crippen molar-refractivity contribution >= 4 is 11.6 Å². The number of nitrogens with one attached hydrogen (secondary N) is 2. The van der Waals surface area contributed by atoms with Crippen molar-refractivity contribution in [1.82, 2.24) is 5.32 Å². The smallest absolute Gasteiger partial charge is 0.242 e. The molecule has 0 spiro atoms. The van der Waals surface area contributed by atoms with Crippen molar-refractivity contribution in [3.05, 3.63) is 30.3 Å². The SMILES string of the molecule is C[C@@H](Nc1ccccc1)C(=O)NC12CC3CC(CC(C3)C1)C2. The van der Waals surface area contributed by atoms with Crippen molar-refractivity contribution in [2.24, 2.45) is 17.8 Å². The van der Waals surface area contributed by atoms with Gasteiger partial charge in [0.2, 0.25) is 5.91 Å². The molecule has 5 rings (SSSR count). The van der Waals surface area contributed by atoms with E-state index in [-0.39, 0.29) is 17.5 Å². The summed E-state index contributed by atoms with van der Waals surface area (Å²) in [6.07, 6.45) is 7.86. The number of rotatable bonds is 4. The highest BCUT2D eigenvalue weighted by molar-refractivity contribution is 5.84. The molecule has 2 N–H and O–H groups in total. The van der Waals surface area contributed by atoms with Crippen molar-refractivity contribution in [2.75, 3.05) is 5.32 Å². The summed E-state index contributed by atoms with van der Waals surface area (Å²) in [5, 5.41) is 6.76. The number of hydrogen-bond acceptors (Lipinski definition) is 2. The Morgan fingerprint density at radius 2 is 1.59 bits per heavy atom. The molecule has 0 radical (unpaired) electrons. The average Bonchev–Trinajstić information content (AvgIpc) is 2.46. The molecule has 4 saturated carbocycles. The molecule has 4 aliphatic rings. The molecular weight excluding hydrogens is 272 g/mol. The van der Waals surface area contributed by atoms with Gasteiger partial charge in [-0.25, -0.2) is 0 Å². The molecule has 22 heavy (non-hydrogen) atoms. The lowest BCUT2D eigenvalue weighted by atomic mass is 9.53. The summed E-state index contributed by atoms with van der Waals surface area (Å²) in [6, 6.07) is 9.81. The van der Waals surface area contributed by atoms with Gasteiger partial charge >= 0.3 is 0 Å². The fourth-order valence-corrected chi connectivity index (χ4v) is 5.48. The van der Waals surface area contributed by atoms with Crippen molar-refractivity contribution < 1.29 is 4.79 Å². The van der Waals surface area contributed by atoms with E-state index < -0.39 is 0 Å². The second-order valence-corrected chi connectivity index (χ2v) is 7.92. The van der Waals surface area contributed by atoms with Crippen LogP contribution in [0.1, 0.15) is 45.4 Å². The minimum absolute atomic E-state index is 0.110. The maximum Gasteiger partial charge on any atom is 0.242 e. The second kappa shape index (κ2) is 5.29. The molecule has 1 amide bonds. The molecule has 0 saturated heterocycles. The first kappa shape index (κ1) is 14.1. The molecule has 3 nitrogen and oxygen atoms in total. The predicted octanol–water partition coefficient (Wildman–Crippen LogP) is 3.57. The molecule has 0 aliphatic heterocycles. The van der Waals surface area contributed by atoms with Gasteiger partial charge in [0.25, 0.3) is 0 Å². The lowest BCUT2D eigenvalue weighted by Gasteiger charge is -2.57. The van der Waals surface area contributed by atoms with Gasteiger partial charge in [-0.3, -0.25) is 4.79 Å². The lowest BCUT2D eigenvalue weighted by molar-refractivity contribution is -0.127. The molecule has 3 heteroatoms. The van der Waals surface area contributed by atoms with Crippen LogP contribution >= 0.6 is 0 Å². The number of amides is 1. The van der Waals surface area contributed by atoms with Gasteiger partial charge in [0.05, 0.1) is 0 Å². The van der Waals surface area contributed by atoms with Crippen LogP contribution in [-0.4, -0.2) is 17.5 Å². The van der Waals surface area contributed by atoms with Crippen LogP contribution in [0, 0.1) is 17.8 Å². The van der Waals surface area contributed by atoms with E-state index in [9.17, 15) is 4.79 Å². The first-order valence-corrected chi connectivity index (χ1v) is 8.75. The van der Waals surface area contributed by atoms with Gasteiger partial charge in [0, 0.05) is 11.2 Å². The number of carbonyl (C=O) groups excluding carboxylic acids is 1. The first-order valence-electron chi connectivity index (χ1n) is 8.75. The quantitative estimate of drug-likeness (QED) is 0.892. The van der Waals surface area contributed by atoms with Crippen molar-refractivity contribution in [2.45, 2.75) is 57.0 Å². The van der Waals surface area contributed by atoms with E-state index in [0.29, 0.717) is 0 Å². The Hall–Kier alpha value is -1.51. The minimum Gasteiger partial charge on any atom is -0.374 e. The summed E-state index contributed by atoms with van der Waals surface area (Å²) in [5.74, 6) is 2.75. The first-order chi connectivity index (χ1) is 10.6. The monoisotopic (exact) mass is 298 g/mol. The van der Waals surface area contributed by atoms with Gasteiger partial charge in [-0.2, -0.15) is 0 Å². The van der Waals surface area contributed by atoms with Crippen LogP contribution in [0.4, 0.5) is 5.69 Å². The molecule has 1 aromatic rings. The zero-order chi connectivity index (χ0) is 15.2. The molecule has 0 aromatic heterocycles. The molecule has 1 aromatic carbocycles. The Morgan fingerprint density at radius 3 is 2.14 bits per heavy atom. The van der Waals surface area contributed by atoms with Crippen LogP contribution < -0.4 is 10.6 Å². The van der Waals surface area contributed by atoms with Crippen LogP contribution in [0.15, 0.2) is 30.3 Å². The predicted molar refractivity (Wildman–Crippen MR) is 88.6 cm³/mol. The summed E-state index contributed by atoms with van der Waals surface area (Å²) in [6.45, 7) is 1.96. The summed E-state index contributed by atoms with van der Waals surface area (Å²) in [7, 11) is 0. The van der Waals surface area contributed by atoms with Crippen molar-refractivity contribution in [3.63, 3.8) is 0 Å². The third-order valence-corrected chi connectivity index (χ3v) is 5.98. The minimum atomic E-state index is -0.185. The Labute approximate surface area is 132 Å². The van der Waals surface area contributed by atoms with Gasteiger partial charge < -0.3 is 10.6 Å². The van der Waals surface area contributed by atoms with Gasteiger partial charge in [0.1, 0.15) is 6.04 Å². The molecule has 118 valence electrons. The van der Waals surface area contributed by atoms with Crippen LogP contribution in [0.25, 0.3) is 0 Å². The maximum absolute atomic E-state index is 12.7. The fourth-order valence-electron chi connectivity index (χ4n) is 5.48. The Bertz CT molecular complexity index is 519. The number of para-hydroxylation sites is 1. The molecule has 0 unspecified atom stereocenters. The highest BCUT2D eigenvalue weighted by Gasteiger charge is 2.51. The largest absolute Gasteiger partial charge is 0.374 e. The molecule has 4 bridgehead atoms. The van der Waals surface area contributed by atoms with Gasteiger partial charge in [0.15, 0.2) is 0 Å². The van der Waals surface area contributed by atoms with Gasteiger partial charge in [-0.05, 0) is 75.3 Å². The second-order valence-electron chi connectivity index (χ2n) is 7.92. The zero-order valence-electron chi connectivity index (χ0n) is 13.3. The molecule has 4 aliphatic carbocycles. The third-order valence-electron chi connectivity index (χ3n) is 5.98. The molecule has 1 atom stereocenters. The Morgan fingerprint density at radius 1 is 1.05 bits per heavy atom. The summed E-state index contributed by atoms with van der Waals surface area (Å²) in [4.78, 5) is 12.7. The van der Waals surface area contributed by atoms with E-state index in [4.69, 9.17) is 0 Å². The normalized spacial score (nSPS) is 36.9. The summed E-state index contributed by atoms with van der Waals surface area (Å²) >= 11 is 0. The van der Waals surface area contributed by atoms with Gasteiger partial charge in [-0.1, -0.05) is 18.2 Å². The number of anilines is 1. The summed E-state index contributed by atoms with van der Waals surface area (Å²) in [5.41, 5.74) is 1.12. The fraction of sp³-hybridized carbons (Fsp3) is 0.632. The number of hydrogen-bond donors (Lipinski definition) is 2. The van der Waals surface area contributed by atoms with Crippen LogP contribution in [0.5, 0.6) is 0 Å². The standard InChI is InChI=1S/C19H26N2O/c1-13(20-17-5-3-2-4-6-17)18(22)21-19-10-14-7-15(11-19)9-16(8-14)12-19/h2-6,13-16,20H,7-12H2,1H3,(H,21,22)/t13-,14?,15?,16?,19?/m1/s1. The highest BCUT2D eigenvalue weighted by Crippen LogP contribution is 2.55. The maximum atomic E-state index is 12.7. The van der Waals surface area contributed by atoms with E-state index in [0.717, 1.165) is 23.4 Å². The van der Waals surface area contributed by atoms with Crippen LogP contribution in [-0.2, 0) is 4.79 Å². The summed E-state index contributed by atoms with van der Waals surface area (Å²) < 4.78 is 0. The molecule has 0 heterocycles. The Balaban J connectivity index is 1.41. The van der Waals surface area contributed by atoms with E-state index in [1.165, 1.54) is 38.5 Å². The lowest BCUT2D eigenvalue weighted by Crippen LogP contribution is -2.61. The molecule has 4 fully saturated rings. The van der Waals surface area contributed by atoms with Crippen LogP contribution in [0.3, 0.4) is 0 Å². The highest BCUT2D eigenvalue weighted by atomic mass is 16.2. The van der Waals surface area contributed by atoms with Crippen molar-refractivity contribution in [1.29, 1.82) is 0 Å². The van der Waals surface area contributed by atoms with E-state index in [2.05, 4.69) is 10.6 Å².